The van der Waals surface area contributed by atoms with Gasteiger partial charge in [-0.05, 0) is 24.3 Å². The van der Waals surface area contributed by atoms with Crippen LogP contribution in [-0.4, -0.2) is 8.42 Å². The van der Waals surface area contributed by atoms with E-state index in [0.717, 1.165) is 12.1 Å². The molecule has 0 fully saturated rings. The standard InChI is InChI=1S/C12H7ClF4N2O2S/c13-6-1-3-7(4-2-6)22(20,21)19-18-12-10(16)8(14)5-9(15)11(12)17/h1-5,18-19H. The highest BCUT2D eigenvalue weighted by Gasteiger charge is 2.21. The van der Waals surface area contributed by atoms with Crippen LogP contribution in [0.4, 0.5) is 23.2 Å². The van der Waals surface area contributed by atoms with Crippen LogP contribution in [0.2, 0.25) is 5.02 Å². The molecule has 0 saturated heterocycles. The molecule has 0 radical (unpaired) electrons. The molecule has 0 saturated carbocycles. The van der Waals surface area contributed by atoms with E-state index >= 15 is 0 Å². The Bertz CT molecular complexity index is 787. The van der Waals surface area contributed by atoms with Crippen molar-refractivity contribution in [1.82, 2.24) is 4.83 Å². The van der Waals surface area contributed by atoms with Gasteiger partial charge < -0.3 is 5.43 Å². The highest BCUT2D eigenvalue weighted by Crippen LogP contribution is 2.24. The van der Waals surface area contributed by atoms with Crippen molar-refractivity contribution >= 4 is 27.3 Å². The molecule has 2 aromatic rings. The molecule has 0 aromatic heterocycles. The Morgan fingerprint density at radius 1 is 0.909 bits per heavy atom. The second-order valence-corrected chi connectivity index (χ2v) is 6.15. The molecule has 0 amide bonds. The minimum absolute atomic E-state index is 0.00351. The molecule has 10 heteroatoms. The summed E-state index contributed by atoms with van der Waals surface area (Å²) >= 11 is 5.60. The lowest BCUT2D eigenvalue weighted by atomic mass is 10.2. The fourth-order valence-electron chi connectivity index (χ4n) is 1.47. The van der Waals surface area contributed by atoms with Gasteiger partial charge >= 0.3 is 0 Å². The van der Waals surface area contributed by atoms with E-state index in [1.54, 1.807) is 10.3 Å². The summed E-state index contributed by atoms with van der Waals surface area (Å²) in [6.45, 7) is 0. The summed E-state index contributed by atoms with van der Waals surface area (Å²) in [5, 5.41) is 0.274. The molecule has 0 aliphatic heterocycles. The van der Waals surface area contributed by atoms with Crippen molar-refractivity contribution < 1.29 is 26.0 Å². The third-order valence-corrected chi connectivity index (χ3v) is 4.06. The zero-order chi connectivity index (χ0) is 16.5. The quantitative estimate of drug-likeness (QED) is 0.503. The van der Waals surface area contributed by atoms with Crippen LogP contribution in [0.1, 0.15) is 0 Å². The fraction of sp³-hybridized carbons (Fsp3) is 0. The van der Waals surface area contributed by atoms with Gasteiger partial charge in [0.05, 0.1) is 4.90 Å². The van der Waals surface area contributed by atoms with Crippen molar-refractivity contribution in [1.29, 1.82) is 0 Å². The van der Waals surface area contributed by atoms with Crippen LogP contribution in [0.3, 0.4) is 0 Å². The number of nitrogens with one attached hydrogen (secondary N) is 2. The second-order valence-electron chi connectivity index (χ2n) is 4.03. The molecule has 2 aromatic carbocycles. The number of benzene rings is 2. The smallest absolute Gasteiger partial charge is 0.257 e. The van der Waals surface area contributed by atoms with E-state index in [4.69, 9.17) is 11.6 Å². The molecule has 0 spiro atoms. The Kier molecular flexibility index (Phi) is 4.59. The molecule has 0 aliphatic rings. The van der Waals surface area contributed by atoms with E-state index in [9.17, 15) is 26.0 Å². The number of sulfonamides is 1. The number of hydrogen-bond acceptors (Lipinski definition) is 3. The van der Waals surface area contributed by atoms with Gasteiger partial charge in [0, 0.05) is 11.1 Å². The van der Waals surface area contributed by atoms with Gasteiger partial charge in [-0.25, -0.2) is 26.0 Å². The van der Waals surface area contributed by atoms with Gasteiger partial charge in [-0.3, -0.25) is 0 Å². The SMILES string of the molecule is O=S(=O)(NNc1c(F)c(F)cc(F)c1F)c1ccc(Cl)cc1. The molecule has 4 nitrogen and oxygen atoms in total. The van der Waals surface area contributed by atoms with Gasteiger partial charge in [0.1, 0.15) is 5.69 Å². The van der Waals surface area contributed by atoms with Crippen LogP contribution in [0.5, 0.6) is 0 Å². The molecule has 22 heavy (non-hydrogen) atoms. The van der Waals surface area contributed by atoms with E-state index in [1.807, 2.05) is 0 Å². The number of hydrogen-bond donors (Lipinski definition) is 2. The van der Waals surface area contributed by atoms with Crippen molar-refractivity contribution in [3.63, 3.8) is 0 Å². The minimum Gasteiger partial charge on any atom is -0.302 e. The lowest BCUT2D eigenvalue weighted by molar-refractivity contribution is 0.457. The number of halogens is 5. The third-order valence-electron chi connectivity index (χ3n) is 2.55. The number of anilines is 1. The van der Waals surface area contributed by atoms with Crippen molar-refractivity contribution in [3.05, 3.63) is 58.6 Å². The van der Waals surface area contributed by atoms with E-state index in [1.165, 1.54) is 12.1 Å². The summed E-state index contributed by atoms with van der Waals surface area (Å²) in [5.41, 5.74) is 0.319. The number of rotatable bonds is 4. The second kappa shape index (κ2) is 6.11. The highest BCUT2D eigenvalue weighted by atomic mass is 35.5. The lowest BCUT2D eigenvalue weighted by Crippen LogP contribution is -2.30. The van der Waals surface area contributed by atoms with E-state index in [0.29, 0.717) is 0 Å². The van der Waals surface area contributed by atoms with Gasteiger partial charge in [-0.15, -0.1) is 4.83 Å². The average molecular weight is 355 g/mol. The first-order valence-corrected chi connectivity index (χ1v) is 7.45. The topological polar surface area (TPSA) is 58.2 Å². The summed E-state index contributed by atoms with van der Waals surface area (Å²) in [7, 11) is -4.23. The van der Waals surface area contributed by atoms with Gasteiger partial charge in [0.15, 0.2) is 23.3 Å². The first-order chi connectivity index (χ1) is 10.2. The van der Waals surface area contributed by atoms with Crippen molar-refractivity contribution in [3.8, 4) is 0 Å². The van der Waals surface area contributed by atoms with Gasteiger partial charge in [-0.2, -0.15) is 0 Å². The maximum atomic E-state index is 13.4. The summed E-state index contributed by atoms with van der Waals surface area (Å²) in [6, 6.07) is 4.82. The molecular formula is C12H7ClF4N2O2S. The average Bonchev–Trinajstić information content (AvgIpc) is 2.45. The summed E-state index contributed by atoms with van der Waals surface area (Å²) in [4.78, 5) is 1.34. The molecule has 0 heterocycles. The monoisotopic (exact) mass is 354 g/mol. The lowest BCUT2D eigenvalue weighted by Gasteiger charge is -2.11. The first kappa shape index (κ1) is 16.5. The van der Waals surface area contributed by atoms with Crippen LogP contribution in [0.15, 0.2) is 35.2 Å². The first-order valence-electron chi connectivity index (χ1n) is 5.59. The molecular weight excluding hydrogens is 348 g/mol. The predicted octanol–water partition coefficient (Wildman–Crippen LogP) is 3.20. The van der Waals surface area contributed by atoms with Gasteiger partial charge in [0.2, 0.25) is 0 Å². The molecule has 2 N–H and O–H groups in total. The van der Waals surface area contributed by atoms with E-state index in [-0.39, 0.29) is 16.0 Å². The van der Waals surface area contributed by atoms with Crippen LogP contribution >= 0.6 is 11.6 Å². The van der Waals surface area contributed by atoms with E-state index in [2.05, 4.69) is 0 Å². The highest BCUT2D eigenvalue weighted by molar-refractivity contribution is 7.89. The zero-order valence-electron chi connectivity index (χ0n) is 10.5. The number of hydrazine groups is 1. The van der Waals surface area contributed by atoms with Crippen LogP contribution in [0.25, 0.3) is 0 Å². The maximum Gasteiger partial charge on any atom is 0.257 e. The van der Waals surface area contributed by atoms with Crippen LogP contribution < -0.4 is 10.3 Å². The Labute approximate surface area is 127 Å². The minimum atomic E-state index is -4.23. The summed E-state index contributed by atoms with van der Waals surface area (Å²) < 4.78 is 76.5. The molecule has 0 bridgehead atoms. The third kappa shape index (κ3) is 3.32. The Balaban J connectivity index is 2.28. The molecule has 0 unspecified atom stereocenters. The normalized spacial score (nSPS) is 11.5. The Hall–Kier alpha value is -1.84. The van der Waals surface area contributed by atoms with Crippen LogP contribution in [0, 0.1) is 23.3 Å². The van der Waals surface area contributed by atoms with Crippen molar-refractivity contribution in [2.45, 2.75) is 4.90 Å². The van der Waals surface area contributed by atoms with Gasteiger partial charge in [-0.1, -0.05) is 11.6 Å². The van der Waals surface area contributed by atoms with Gasteiger partial charge in [0.25, 0.3) is 10.0 Å². The molecule has 118 valence electrons. The van der Waals surface area contributed by atoms with Crippen molar-refractivity contribution in [2.24, 2.45) is 0 Å². The maximum absolute atomic E-state index is 13.4. The molecule has 2 rings (SSSR count). The van der Waals surface area contributed by atoms with Crippen LogP contribution in [-0.2, 0) is 10.0 Å². The largest absolute Gasteiger partial charge is 0.302 e. The summed E-state index contributed by atoms with van der Waals surface area (Å²) in [6.07, 6.45) is 0. The summed E-state index contributed by atoms with van der Waals surface area (Å²) in [5.74, 6) is -6.88. The zero-order valence-corrected chi connectivity index (χ0v) is 12.1. The van der Waals surface area contributed by atoms with Crippen molar-refractivity contribution in [2.75, 3.05) is 5.43 Å². The van der Waals surface area contributed by atoms with E-state index < -0.39 is 39.0 Å². The fourth-order valence-corrected chi connectivity index (χ4v) is 2.45. The Morgan fingerprint density at radius 2 is 1.41 bits per heavy atom. The molecule has 0 atom stereocenters. The predicted molar refractivity (Wildman–Crippen MR) is 71.7 cm³/mol. The Morgan fingerprint density at radius 3 is 1.91 bits per heavy atom. The molecule has 0 aliphatic carbocycles.